The third-order valence-corrected chi connectivity index (χ3v) is 2.55. The largest absolute Gasteiger partial charge is 0.618 e. The summed E-state index contributed by atoms with van der Waals surface area (Å²) < 4.78 is 5.33. The van der Waals surface area contributed by atoms with E-state index in [0.717, 1.165) is 13.3 Å². The molecule has 0 aliphatic heterocycles. The average Bonchev–Trinajstić information content (AvgIpc) is 2.44. The number of rotatable bonds is 2. The van der Waals surface area contributed by atoms with Crippen molar-refractivity contribution in [1.82, 2.24) is 0 Å². The van der Waals surface area contributed by atoms with Gasteiger partial charge < -0.3 is 21.0 Å². The van der Waals surface area contributed by atoms with Gasteiger partial charge in [0.2, 0.25) is 5.71 Å². The van der Waals surface area contributed by atoms with Crippen LogP contribution in [0.2, 0.25) is 0 Å². The lowest BCUT2D eigenvalue weighted by Gasteiger charge is -2.07. The minimum atomic E-state index is -0.901. The third kappa shape index (κ3) is 1.99. The molecule has 0 spiro atoms. The van der Waals surface area contributed by atoms with E-state index < -0.39 is 11.7 Å². The molecule has 0 bridgehead atoms. The maximum Gasteiger partial charge on any atom is 0.365 e. The molecule has 0 saturated heterocycles. The van der Waals surface area contributed by atoms with Crippen LogP contribution >= 0.6 is 0 Å². The van der Waals surface area contributed by atoms with Crippen LogP contribution in [-0.4, -0.2) is 18.8 Å². The van der Waals surface area contributed by atoms with E-state index in [-0.39, 0.29) is 16.7 Å². The zero-order chi connectivity index (χ0) is 14.0. The summed E-state index contributed by atoms with van der Waals surface area (Å²) in [5.74, 6) is 4.17. The van der Waals surface area contributed by atoms with E-state index in [1.165, 1.54) is 12.1 Å². The number of nitrogens with two attached hydrogens (primary N) is 1. The molecule has 0 unspecified atom stereocenters. The zero-order valence-corrected chi connectivity index (χ0v) is 9.94. The highest BCUT2D eigenvalue weighted by Gasteiger charge is 2.29. The molecule has 19 heavy (non-hydrogen) atoms. The molecule has 0 radical (unpaired) electrons. The van der Waals surface area contributed by atoms with Gasteiger partial charge in [-0.2, -0.15) is 14.6 Å². The van der Waals surface area contributed by atoms with Gasteiger partial charge in [0.15, 0.2) is 0 Å². The van der Waals surface area contributed by atoms with Crippen molar-refractivity contribution >= 4 is 22.7 Å². The summed E-state index contributed by atoms with van der Waals surface area (Å²) in [7, 11) is 1.12. The van der Waals surface area contributed by atoms with Crippen molar-refractivity contribution in [3.8, 4) is 0 Å². The normalized spacial score (nSPS) is 11.5. The number of benzene rings is 1. The summed E-state index contributed by atoms with van der Waals surface area (Å²) in [6.45, 7) is 0. The zero-order valence-electron chi connectivity index (χ0n) is 9.94. The van der Waals surface area contributed by atoms with Gasteiger partial charge in [0.25, 0.3) is 17.2 Å². The predicted molar refractivity (Wildman–Crippen MR) is 64.6 cm³/mol. The summed E-state index contributed by atoms with van der Waals surface area (Å²) in [5.41, 5.74) is -0.432. The summed E-state index contributed by atoms with van der Waals surface area (Å²) in [6.07, 6.45) is 0.929. The van der Waals surface area contributed by atoms with E-state index in [1.807, 2.05) is 0 Å². The molecule has 0 fully saturated rings. The number of methoxy groups -OCH3 is 1. The Morgan fingerprint density at radius 1 is 1.32 bits per heavy atom. The van der Waals surface area contributed by atoms with Crippen molar-refractivity contribution in [2.24, 2.45) is 10.9 Å². The summed E-state index contributed by atoms with van der Waals surface area (Å²) in [4.78, 5) is 11.4. The molecule has 98 valence electrons. The van der Waals surface area contributed by atoms with Gasteiger partial charge in [-0.1, -0.05) is 12.1 Å². The SMILES string of the molecule is COC(=O)/C(=N/N)c1c[n+]([O-])c2ccccc2[n+]1[O-]. The number of para-hydroxylation sites is 2. The first kappa shape index (κ1) is 12.6. The van der Waals surface area contributed by atoms with Crippen LogP contribution < -0.4 is 15.3 Å². The fourth-order valence-electron chi connectivity index (χ4n) is 1.66. The first-order valence-corrected chi connectivity index (χ1v) is 5.21. The molecule has 8 nitrogen and oxygen atoms in total. The van der Waals surface area contributed by atoms with Crippen LogP contribution in [0.15, 0.2) is 35.6 Å². The maximum absolute atomic E-state index is 12.1. The number of carbonyl (C=O) groups excluding carboxylic acids is 1. The lowest BCUT2D eigenvalue weighted by atomic mass is 10.2. The molecule has 1 heterocycles. The number of hydrogen-bond donors (Lipinski definition) is 1. The number of fused-ring (bicyclic) bond motifs is 1. The van der Waals surface area contributed by atoms with Crippen LogP contribution in [0.3, 0.4) is 0 Å². The Labute approximate surface area is 107 Å². The first-order valence-electron chi connectivity index (χ1n) is 5.21. The van der Waals surface area contributed by atoms with Crippen LogP contribution in [0.25, 0.3) is 11.0 Å². The lowest BCUT2D eigenvalue weighted by Crippen LogP contribution is -2.45. The smallest absolute Gasteiger partial charge is 0.365 e. The molecule has 1 aromatic carbocycles. The van der Waals surface area contributed by atoms with Crippen molar-refractivity contribution in [2.75, 3.05) is 7.11 Å². The summed E-state index contributed by atoms with van der Waals surface area (Å²) in [6, 6.07) is 6.15. The second-order valence-corrected chi connectivity index (χ2v) is 3.59. The number of nitrogens with zero attached hydrogens (tertiary/aromatic N) is 3. The van der Waals surface area contributed by atoms with E-state index in [2.05, 4.69) is 9.84 Å². The third-order valence-electron chi connectivity index (χ3n) is 2.55. The Morgan fingerprint density at radius 3 is 2.53 bits per heavy atom. The second kappa shape index (κ2) is 4.77. The fourth-order valence-corrected chi connectivity index (χ4v) is 1.66. The predicted octanol–water partition coefficient (Wildman–Crippen LogP) is -1.06. The minimum Gasteiger partial charge on any atom is -0.618 e. The van der Waals surface area contributed by atoms with Crippen molar-refractivity contribution in [3.05, 3.63) is 46.6 Å². The van der Waals surface area contributed by atoms with Gasteiger partial charge in [-0.15, -0.1) is 0 Å². The Balaban J connectivity index is 2.75. The number of hydrogen-bond acceptors (Lipinski definition) is 6. The number of ether oxygens (including phenoxy) is 1. The van der Waals surface area contributed by atoms with Crippen molar-refractivity contribution in [1.29, 1.82) is 0 Å². The van der Waals surface area contributed by atoms with Gasteiger partial charge in [-0.05, 0) is 0 Å². The van der Waals surface area contributed by atoms with Crippen LogP contribution in [0, 0.1) is 10.4 Å². The highest BCUT2D eigenvalue weighted by molar-refractivity contribution is 6.42. The fraction of sp³-hybridized carbons (Fsp3) is 0.0909. The average molecular weight is 262 g/mol. The first-order chi connectivity index (χ1) is 9.10. The molecule has 0 aliphatic rings. The van der Waals surface area contributed by atoms with Crippen LogP contribution in [0.4, 0.5) is 0 Å². The highest BCUT2D eigenvalue weighted by atomic mass is 16.5. The summed E-state index contributed by atoms with van der Waals surface area (Å²) >= 11 is 0. The van der Waals surface area contributed by atoms with E-state index in [4.69, 9.17) is 5.84 Å². The summed E-state index contributed by atoms with van der Waals surface area (Å²) in [5, 5.41) is 27.1. The van der Waals surface area contributed by atoms with E-state index in [1.54, 1.807) is 12.1 Å². The topological polar surface area (TPSA) is 119 Å². The molecule has 0 saturated carbocycles. The van der Waals surface area contributed by atoms with Crippen molar-refractivity contribution < 1.29 is 19.0 Å². The van der Waals surface area contributed by atoms with Gasteiger partial charge in [0.05, 0.1) is 7.11 Å². The van der Waals surface area contributed by atoms with E-state index in [0.29, 0.717) is 9.46 Å². The molecule has 0 aliphatic carbocycles. The molecule has 2 N–H and O–H groups in total. The highest BCUT2D eigenvalue weighted by Crippen LogP contribution is 2.06. The standard InChI is InChI=1S/C11H10N4O4/c1-19-11(16)10(13-12)9-6-14(17)7-4-2-3-5-8(7)15(9)18/h2-6H,12H2,1H3/b13-10+. The molecular weight excluding hydrogens is 252 g/mol. The number of aromatic nitrogens is 2. The van der Waals surface area contributed by atoms with Crippen molar-refractivity contribution in [3.63, 3.8) is 0 Å². The van der Waals surface area contributed by atoms with E-state index >= 15 is 0 Å². The van der Waals surface area contributed by atoms with Gasteiger partial charge in [0, 0.05) is 12.1 Å². The van der Waals surface area contributed by atoms with E-state index in [9.17, 15) is 15.2 Å². The monoisotopic (exact) mass is 262 g/mol. The minimum absolute atomic E-state index is 0.0973. The van der Waals surface area contributed by atoms with Gasteiger partial charge in [-0.3, -0.25) is 0 Å². The molecule has 0 amide bonds. The van der Waals surface area contributed by atoms with Crippen LogP contribution in [0.5, 0.6) is 0 Å². The molecule has 2 aromatic rings. The molecule has 1 aromatic heterocycles. The Kier molecular flexibility index (Phi) is 3.15. The lowest BCUT2D eigenvalue weighted by molar-refractivity contribution is -0.629. The van der Waals surface area contributed by atoms with Crippen molar-refractivity contribution in [2.45, 2.75) is 0 Å². The van der Waals surface area contributed by atoms with Gasteiger partial charge >= 0.3 is 11.7 Å². The quantitative estimate of drug-likeness (QED) is 0.185. The Bertz CT molecular complexity index is 684. The maximum atomic E-state index is 12.1. The Morgan fingerprint density at radius 2 is 1.95 bits per heavy atom. The molecule has 0 atom stereocenters. The second-order valence-electron chi connectivity index (χ2n) is 3.59. The number of carbonyl (C=O) groups is 1. The van der Waals surface area contributed by atoms with Gasteiger partial charge in [0.1, 0.15) is 0 Å². The molecule has 8 heteroatoms. The number of esters is 1. The van der Waals surface area contributed by atoms with Crippen LogP contribution in [0.1, 0.15) is 5.69 Å². The molecule has 2 rings (SSSR count). The Hall–Kier alpha value is -2.90. The number of hydrazone groups is 1. The van der Waals surface area contributed by atoms with Gasteiger partial charge in [-0.25, -0.2) is 4.79 Å². The van der Waals surface area contributed by atoms with Crippen LogP contribution in [-0.2, 0) is 9.53 Å². The molecular formula is C11H10N4O4.